The molecule has 0 N–H and O–H groups in total. The van der Waals surface area contributed by atoms with Crippen LogP contribution in [0, 0.1) is 12.7 Å². The van der Waals surface area contributed by atoms with Gasteiger partial charge in [0.05, 0.1) is 4.90 Å². The first-order chi connectivity index (χ1) is 13.7. The fourth-order valence-corrected chi connectivity index (χ4v) is 4.80. The Morgan fingerprint density at radius 1 is 1.10 bits per heavy atom. The number of carbonyl (C=O) groups is 1. The van der Waals surface area contributed by atoms with Gasteiger partial charge in [-0.15, -0.1) is 0 Å². The Bertz CT molecular complexity index is 990. The number of nitrogens with zero attached hydrogens (tertiary/aromatic N) is 2. The normalized spacial score (nSPS) is 16.5. The molecule has 0 unspecified atom stereocenters. The van der Waals surface area contributed by atoms with Gasteiger partial charge in [0.15, 0.2) is 6.10 Å². The second kappa shape index (κ2) is 8.69. The van der Waals surface area contributed by atoms with Crippen LogP contribution in [-0.2, 0) is 14.8 Å². The molecule has 0 saturated carbocycles. The van der Waals surface area contributed by atoms with Gasteiger partial charge in [0, 0.05) is 31.2 Å². The summed E-state index contributed by atoms with van der Waals surface area (Å²) in [5.41, 5.74) is 0.826. The lowest BCUT2D eigenvalue weighted by Crippen LogP contribution is -2.53. The zero-order valence-corrected chi connectivity index (χ0v) is 17.7. The van der Waals surface area contributed by atoms with Crippen molar-refractivity contribution in [3.05, 3.63) is 58.9 Å². The van der Waals surface area contributed by atoms with Gasteiger partial charge in [0.1, 0.15) is 11.6 Å². The number of halogens is 2. The highest BCUT2D eigenvalue weighted by Crippen LogP contribution is 2.24. The van der Waals surface area contributed by atoms with E-state index in [9.17, 15) is 17.6 Å². The third kappa shape index (κ3) is 4.88. The number of ether oxygens (including phenoxy) is 1. The van der Waals surface area contributed by atoms with Crippen LogP contribution in [0.25, 0.3) is 0 Å². The summed E-state index contributed by atoms with van der Waals surface area (Å²) in [5, 5.41) is 0.590. The van der Waals surface area contributed by atoms with Gasteiger partial charge in [0.25, 0.3) is 5.91 Å². The Hall–Kier alpha value is -2.16. The number of piperazine rings is 1. The Labute approximate surface area is 174 Å². The third-order valence-corrected chi connectivity index (χ3v) is 6.94. The zero-order valence-electron chi connectivity index (χ0n) is 16.1. The Morgan fingerprint density at radius 2 is 1.72 bits per heavy atom. The SMILES string of the molecule is Cc1cc(Cl)ccc1O[C@H](C)C(=O)N1CCN(S(=O)(=O)c2ccc(F)cc2)CC1. The first kappa shape index (κ1) is 21.5. The fraction of sp³-hybridized carbons (Fsp3) is 0.350. The summed E-state index contributed by atoms with van der Waals surface area (Å²) in [5.74, 6) is -0.129. The molecule has 156 valence electrons. The van der Waals surface area contributed by atoms with Gasteiger partial charge >= 0.3 is 0 Å². The van der Waals surface area contributed by atoms with E-state index < -0.39 is 21.9 Å². The van der Waals surface area contributed by atoms with E-state index in [-0.39, 0.29) is 37.0 Å². The molecule has 1 aliphatic rings. The van der Waals surface area contributed by atoms with Gasteiger partial charge in [-0.1, -0.05) is 11.6 Å². The van der Waals surface area contributed by atoms with Crippen molar-refractivity contribution in [2.45, 2.75) is 24.8 Å². The van der Waals surface area contributed by atoms with E-state index in [2.05, 4.69) is 0 Å². The van der Waals surface area contributed by atoms with Crippen molar-refractivity contribution < 1.29 is 22.3 Å². The second-order valence-corrected chi connectivity index (χ2v) is 9.23. The minimum Gasteiger partial charge on any atom is -0.481 e. The van der Waals surface area contributed by atoms with Gasteiger partial charge in [-0.2, -0.15) is 4.31 Å². The van der Waals surface area contributed by atoms with Crippen molar-refractivity contribution in [2.24, 2.45) is 0 Å². The van der Waals surface area contributed by atoms with Crippen LogP contribution in [0.1, 0.15) is 12.5 Å². The van der Waals surface area contributed by atoms with Crippen LogP contribution < -0.4 is 4.74 Å². The molecule has 0 radical (unpaired) electrons. The van der Waals surface area contributed by atoms with Gasteiger partial charge in [-0.3, -0.25) is 4.79 Å². The summed E-state index contributed by atoms with van der Waals surface area (Å²) in [6.07, 6.45) is -0.713. The standard InChI is InChI=1S/C20H22ClFN2O4S/c1-14-13-16(21)3-8-19(14)28-15(2)20(25)23-9-11-24(12-10-23)29(26,27)18-6-4-17(22)5-7-18/h3-8,13,15H,9-12H2,1-2H3/t15-/m1/s1. The number of hydrogen-bond donors (Lipinski definition) is 0. The van der Waals surface area contributed by atoms with Crippen molar-refractivity contribution in [3.8, 4) is 5.75 Å². The minimum atomic E-state index is -3.72. The number of aryl methyl sites for hydroxylation is 1. The summed E-state index contributed by atoms with van der Waals surface area (Å²) in [6, 6.07) is 9.88. The summed E-state index contributed by atoms with van der Waals surface area (Å²) in [7, 11) is -3.72. The van der Waals surface area contributed by atoms with Crippen molar-refractivity contribution in [3.63, 3.8) is 0 Å². The lowest BCUT2D eigenvalue weighted by atomic mass is 10.2. The Morgan fingerprint density at radius 3 is 2.31 bits per heavy atom. The van der Waals surface area contributed by atoms with E-state index in [0.29, 0.717) is 10.8 Å². The largest absolute Gasteiger partial charge is 0.481 e. The molecule has 0 spiro atoms. The maximum absolute atomic E-state index is 13.1. The molecule has 1 amide bonds. The van der Waals surface area contributed by atoms with Crippen LogP contribution >= 0.6 is 11.6 Å². The molecule has 0 bridgehead atoms. The molecule has 1 heterocycles. The Kier molecular flexibility index (Phi) is 6.45. The summed E-state index contributed by atoms with van der Waals surface area (Å²) in [4.78, 5) is 14.3. The highest BCUT2D eigenvalue weighted by molar-refractivity contribution is 7.89. The highest BCUT2D eigenvalue weighted by atomic mass is 35.5. The van der Waals surface area contributed by atoms with Crippen molar-refractivity contribution >= 4 is 27.5 Å². The van der Waals surface area contributed by atoms with Crippen LogP contribution in [0.4, 0.5) is 4.39 Å². The number of carbonyl (C=O) groups excluding carboxylic acids is 1. The van der Waals surface area contributed by atoms with Crippen molar-refractivity contribution in [1.29, 1.82) is 0 Å². The highest BCUT2D eigenvalue weighted by Gasteiger charge is 2.32. The molecule has 3 rings (SSSR count). The summed E-state index contributed by atoms with van der Waals surface area (Å²) < 4.78 is 45.5. The van der Waals surface area contributed by atoms with Crippen LogP contribution in [0.2, 0.25) is 5.02 Å². The number of sulfonamides is 1. The monoisotopic (exact) mass is 440 g/mol. The molecule has 1 saturated heterocycles. The maximum atomic E-state index is 13.1. The molecule has 6 nitrogen and oxygen atoms in total. The van der Waals surface area contributed by atoms with E-state index in [4.69, 9.17) is 16.3 Å². The number of hydrogen-bond acceptors (Lipinski definition) is 4. The second-order valence-electron chi connectivity index (χ2n) is 6.85. The quantitative estimate of drug-likeness (QED) is 0.716. The predicted octanol–water partition coefficient (Wildman–Crippen LogP) is 3.09. The molecule has 1 atom stereocenters. The van der Waals surface area contributed by atoms with E-state index in [1.165, 1.54) is 16.4 Å². The van der Waals surface area contributed by atoms with E-state index in [1.807, 2.05) is 6.92 Å². The van der Waals surface area contributed by atoms with Gasteiger partial charge in [-0.25, -0.2) is 12.8 Å². The molecular formula is C20H22ClFN2O4S. The van der Waals surface area contributed by atoms with Gasteiger partial charge in [-0.05, 0) is 61.9 Å². The van der Waals surface area contributed by atoms with E-state index in [1.54, 1.807) is 30.0 Å². The van der Waals surface area contributed by atoms with E-state index in [0.717, 1.165) is 17.7 Å². The number of rotatable bonds is 5. The molecule has 1 aliphatic heterocycles. The lowest BCUT2D eigenvalue weighted by Gasteiger charge is -2.35. The molecule has 1 fully saturated rings. The van der Waals surface area contributed by atoms with Gasteiger partial charge in [0.2, 0.25) is 10.0 Å². The first-order valence-corrected chi connectivity index (χ1v) is 11.0. The van der Waals surface area contributed by atoms with Crippen LogP contribution in [-0.4, -0.2) is 55.8 Å². The average molecular weight is 441 g/mol. The first-order valence-electron chi connectivity index (χ1n) is 9.16. The summed E-state index contributed by atoms with van der Waals surface area (Å²) in [6.45, 7) is 4.35. The molecule has 0 aliphatic carbocycles. The molecule has 9 heteroatoms. The van der Waals surface area contributed by atoms with Gasteiger partial charge < -0.3 is 9.64 Å². The average Bonchev–Trinajstić information content (AvgIpc) is 2.70. The lowest BCUT2D eigenvalue weighted by molar-refractivity contribution is -0.139. The van der Waals surface area contributed by atoms with Crippen LogP contribution in [0.15, 0.2) is 47.4 Å². The molecule has 2 aromatic rings. The number of amides is 1. The van der Waals surface area contributed by atoms with Crippen molar-refractivity contribution in [2.75, 3.05) is 26.2 Å². The Balaban J connectivity index is 1.60. The molecule has 29 heavy (non-hydrogen) atoms. The fourth-order valence-electron chi connectivity index (χ4n) is 3.15. The molecule has 2 aromatic carbocycles. The smallest absolute Gasteiger partial charge is 0.263 e. The predicted molar refractivity (Wildman–Crippen MR) is 108 cm³/mol. The topological polar surface area (TPSA) is 66.9 Å². The van der Waals surface area contributed by atoms with Crippen LogP contribution in [0.3, 0.4) is 0 Å². The molecule has 0 aromatic heterocycles. The van der Waals surface area contributed by atoms with Crippen molar-refractivity contribution in [1.82, 2.24) is 9.21 Å². The zero-order chi connectivity index (χ0) is 21.2. The van der Waals surface area contributed by atoms with Crippen LogP contribution in [0.5, 0.6) is 5.75 Å². The minimum absolute atomic E-state index is 0.0357. The maximum Gasteiger partial charge on any atom is 0.263 e. The summed E-state index contributed by atoms with van der Waals surface area (Å²) >= 11 is 5.94. The third-order valence-electron chi connectivity index (χ3n) is 4.79. The van der Waals surface area contributed by atoms with E-state index >= 15 is 0 Å². The number of benzene rings is 2. The molecular weight excluding hydrogens is 419 g/mol.